The Balaban J connectivity index is 2.24. The van der Waals surface area contributed by atoms with Gasteiger partial charge in [0, 0.05) is 16.1 Å². The molecule has 0 aliphatic carbocycles. The molecule has 1 atom stereocenters. The summed E-state index contributed by atoms with van der Waals surface area (Å²) in [5.41, 5.74) is 7.09. The lowest BCUT2D eigenvalue weighted by Crippen LogP contribution is -2.25. The highest BCUT2D eigenvalue weighted by atomic mass is 79.9. The number of benzene rings is 1. The van der Waals surface area contributed by atoms with Crippen LogP contribution in [0.4, 0.5) is 19.0 Å². The first kappa shape index (κ1) is 14.9. The molecule has 0 saturated carbocycles. The van der Waals surface area contributed by atoms with Crippen LogP contribution in [0.3, 0.4) is 0 Å². The van der Waals surface area contributed by atoms with Crippen molar-refractivity contribution in [2.45, 2.75) is 19.6 Å². The summed E-state index contributed by atoms with van der Waals surface area (Å²) in [7, 11) is 0. The van der Waals surface area contributed by atoms with Crippen LogP contribution in [0.2, 0.25) is 0 Å². The molecule has 2 aromatic rings. The van der Waals surface area contributed by atoms with Crippen LogP contribution >= 0.6 is 15.9 Å². The van der Waals surface area contributed by atoms with E-state index in [9.17, 15) is 13.2 Å². The summed E-state index contributed by atoms with van der Waals surface area (Å²) in [5, 5.41) is 4.14. The van der Waals surface area contributed by atoms with Crippen molar-refractivity contribution in [1.82, 2.24) is 9.78 Å². The van der Waals surface area contributed by atoms with E-state index < -0.39 is 12.1 Å². The fraction of sp³-hybridized carbons (Fsp3) is 0.308. The van der Waals surface area contributed by atoms with Gasteiger partial charge in [0.25, 0.3) is 0 Å². The van der Waals surface area contributed by atoms with Crippen molar-refractivity contribution in [2.75, 3.05) is 5.73 Å². The third-order valence-corrected chi connectivity index (χ3v) is 3.49. The van der Waals surface area contributed by atoms with Crippen LogP contribution < -0.4 is 5.73 Å². The lowest BCUT2D eigenvalue weighted by atomic mass is 10.1. The van der Waals surface area contributed by atoms with E-state index in [-0.39, 0.29) is 12.4 Å². The predicted molar refractivity (Wildman–Crippen MR) is 75.0 cm³/mol. The van der Waals surface area contributed by atoms with Crippen molar-refractivity contribution < 1.29 is 13.2 Å². The van der Waals surface area contributed by atoms with Gasteiger partial charge in [-0.15, -0.1) is 0 Å². The van der Waals surface area contributed by atoms with Crippen LogP contribution in [0.1, 0.15) is 6.92 Å². The first-order chi connectivity index (χ1) is 9.27. The maximum Gasteiger partial charge on any atom is 0.393 e. The molecule has 0 fully saturated rings. The highest BCUT2D eigenvalue weighted by Crippen LogP contribution is 2.29. The molecule has 1 aromatic heterocycles. The van der Waals surface area contributed by atoms with E-state index in [0.717, 1.165) is 17.0 Å². The first-order valence-electron chi connectivity index (χ1n) is 5.93. The van der Waals surface area contributed by atoms with Gasteiger partial charge in [0.15, 0.2) is 0 Å². The minimum Gasteiger partial charge on any atom is -0.384 e. The Morgan fingerprint density at radius 3 is 2.45 bits per heavy atom. The average Bonchev–Trinajstić information content (AvgIpc) is 2.70. The molecule has 108 valence electrons. The molecule has 0 radical (unpaired) electrons. The molecule has 1 unspecified atom stereocenters. The number of aromatic nitrogens is 2. The van der Waals surface area contributed by atoms with Gasteiger partial charge in [-0.2, -0.15) is 18.3 Å². The molecule has 0 aliphatic rings. The van der Waals surface area contributed by atoms with Crippen LogP contribution in [0.25, 0.3) is 11.3 Å². The zero-order valence-electron chi connectivity index (χ0n) is 10.7. The van der Waals surface area contributed by atoms with E-state index >= 15 is 0 Å². The fourth-order valence-electron chi connectivity index (χ4n) is 1.70. The monoisotopic (exact) mass is 347 g/mol. The Morgan fingerprint density at radius 2 is 1.90 bits per heavy atom. The molecule has 0 amide bonds. The fourth-order valence-corrected chi connectivity index (χ4v) is 1.97. The quantitative estimate of drug-likeness (QED) is 0.908. The highest BCUT2D eigenvalue weighted by molar-refractivity contribution is 9.10. The van der Waals surface area contributed by atoms with E-state index in [1.165, 1.54) is 4.68 Å². The topological polar surface area (TPSA) is 43.8 Å². The van der Waals surface area contributed by atoms with Crippen LogP contribution in [0.15, 0.2) is 34.8 Å². The van der Waals surface area contributed by atoms with Gasteiger partial charge in [-0.3, -0.25) is 0 Å². The molecule has 2 rings (SSSR count). The van der Waals surface area contributed by atoms with Crippen molar-refractivity contribution in [3.63, 3.8) is 0 Å². The predicted octanol–water partition coefficient (Wildman–Crippen LogP) is 4.09. The van der Waals surface area contributed by atoms with Crippen LogP contribution in [0.5, 0.6) is 0 Å². The molecule has 2 N–H and O–H groups in total. The number of anilines is 1. The van der Waals surface area contributed by atoms with Gasteiger partial charge in [0.1, 0.15) is 5.82 Å². The van der Waals surface area contributed by atoms with E-state index in [4.69, 9.17) is 5.73 Å². The summed E-state index contributed by atoms with van der Waals surface area (Å²) in [6.45, 7) is 0.826. The third kappa shape index (κ3) is 3.33. The van der Waals surface area contributed by atoms with Crippen molar-refractivity contribution in [3.05, 3.63) is 34.8 Å². The van der Waals surface area contributed by atoms with E-state index in [1.54, 1.807) is 6.07 Å². The summed E-state index contributed by atoms with van der Waals surface area (Å²) in [5.74, 6) is -1.28. The first-order valence-corrected chi connectivity index (χ1v) is 6.72. The molecule has 0 saturated heterocycles. The van der Waals surface area contributed by atoms with Gasteiger partial charge in [-0.25, -0.2) is 4.68 Å². The average molecular weight is 348 g/mol. The SMILES string of the molecule is CC(Cn1nc(-c2ccc(Br)cc2)cc1N)C(F)(F)F. The molecule has 20 heavy (non-hydrogen) atoms. The van der Waals surface area contributed by atoms with E-state index in [1.807, 2.05) is 24.3 Å². The molecular formula is C13H13BrF3N3. The van der Waals surface area contributed by atoms with Gasteiger partial charge in [0.2, 0.25) is 0 Å². The summed E-state index contributed by atoms with van der Waals surface area (Å²) in [4.78, 5) is 0. The molecule has 0 spiro atoms. The van der Waals surface area contributed by atoms with Crippen molar-refractivity contribution in [1.29, 1.82) is 0 Å². The van der Waals surface area contributed by atoms with Crippen LogP contribution in [-0.2, 0) is 6.54 Å². The summed E-state index contributed by atoms with van der Waals surface area (Å²) in [6.07, 6.45) is -4.25. The number of alkyl halides is 3. The smallest absolute Gasteiger partial charge is 0.384 e. The van der Waals surface area contributed by atoms with E-state index in [0.29, 0.717) is 5.69 Å². The molecular weight excluding hydrogens is 335 g/mol. The van der Waals surface area contributed by atoms with Gasteiger partial charge in [-0.05, 0) is 12.1 Å². The number of rotatable bonds is 3. The zero-order valence-corrected chi connectivity index (χ0v) is 12.2. The molecule has 0 aliphatic heterocycles. The maximum absolute atomic E-state index is 12.6. The zero-order chi connectivity index (χ0) is 14.9. The largest absolute Gasteiger partial charge is 0.393 e. The maximum atomic E-state index is 12.6. The molecule has 7 heteroatoms. The normalized spacial score (nSPS) is 13.4. The number of nitrogen functional groups attached to an aromatic ring is 1. The second kappa shape index (κ2) is 5.47. The Morgan fingerprint density at radius 1 is 1.30 bits per heavy atom. The Hall–Kier alpha value is -1.50. The van der Waals surface area contributed by atoms with Gasteiger partial charge in [-0.1, -0.05) is 35.0 Å². The van der Waals surface area contributed by atoms with Gasteiger partial charge < -0.3 is 5.73 Å². The number of nitrogens with two attached hydrogens (primary N) is 1. The number of nitrogens with zero attached hydrogens (tertiary/aromatic N) is 2. The third-order valence-electron chi connectivity index (χ3n) is 2.96. The van der Waals surface area contributed by atoms with Crippen molar-refractivity contribution in [2.24, 2.45) is 5.92 Å². The Kier molecular flexibility index (Phi) is 4.08. The summed E-state index contributed by atoms with van der Waals surface area (Å²) in [6, 6.07) is 8.89. The number of hydrogen-bond acceptors (Lipinski definition) is 2. The van der Waals surface area contributed by atoms with Crippen LogP contribution in [0, 0.1) is 5.92 Å². The molecule has 0 bridgehead atoms. The van der Waals surface area contributed by atoms with Gasteiger partial charge in [0.05, 0.1) is 18.2 Å². The second-order valence-electron chi connectivity index (χ2n) is 4.59. The summed E-state index contributed by atoms with van der Waals surface area (Å²) >= 11 is 3.32. The van der Waals surface area contributed by atoms with Crippen molar-refractivity contribution >= 4 is 21.7 Å². The minimum absolute atomic E-state index is 0.221. The standard InChI is InChI=1S/C13H13BrF3N3/c1-8(13(15,16)17)7-20-12(18)6-11(19-20)9-2-4-10(14)5-3-9/h2-6,8H,7,18H2,1H3. The second-order valence-corrected chi connectivity index (χ2v) is 5.50. The lowest BCUT2D eigenvalue weighted by molar-refractivity contribution is -0.173. The Bertz CT molecular complexity index is 590. The van der Waals surface area contributed by atoms with E-state index in [2.05, 4.69) is 21.0 Å². The minimum atomic E-state index is -4.25. The lowest BCUT2D eigenvalue weighted by Gasteiger charge is -2.15. The van der Waals surface area contributed by atoms with Crippen molar-refractivity contribution in [3.8, 4) is 11.3 Å². The summed E-state index contributed by atoms with van der Waals surface area (Å²) < 4.78 is 39.8. The Labute approximate surface area is 122 Å². The number of hydrogen-bond donors (Lipinski definition) is 1. The number of halogens is 4. The highest BCUT2D eigenvalue weighted by Gasteiger charge is 2.36. The van der Waals surface area contributed by atoms with Crippen LogP contribution in [-0.4, -0.2) is 16.0 Å². The van der Waals surface area contributed by atoms with Gasteiger partial charge >= 0.3 is 6.18 Å². The molecule has 3 nitrogen and oxygen atoms in total. The molecule has 1 heterocycles. The molecule has 1 aromatic carbocycles.